The third-order valence-corrected chi connectivity index (χ3v) is 3.10. The highest BCUT2D eigenvalue weighted by Gasteiger charge is 2.22. The van der Waals surface area contributed by atoms with Gasteiger partial charge in [-0.25, -0.2) is 4.79 Å². The van der Waals surface area contributed by atoms with Crippen molar-refractivity contribution in [1.82, 2.24) is 0 Å². The molecule has 0 aromatic heterocycles. The SMILES string of the molecule is CC=CC(OC(c1ccccc1)c1ccccc1)C(=O)O. The van der Waals surface area contributed by atoms with Crippen molar-refractivity contribution in [3.63, 3.8) is 0 Å². The van der Waals surface area contributed by atoms with Crippen LogP contribution < -0.4 is 0 Å². The number of carboxylic acid groups (broad SMARTS) is 1. The monoisotopic (exact) mass is 282 g/mol. The number of aliphatic carboxylic acids is 1. The summed E-state index contributed by atoms with van der Waals surface area (Å²) in [6.07, 6.45) is 1.85. The van der Waals surface area contributed by atoms with E-state index in [9.17, 15) is 9.90 Å². The summed E-state index contributed by atoms with van der Waals surface area (Å²) in [5.41, 5.74) is 1.86. The van der Waals surface area contributed by atoms with Crippen molar-refractivity contribution >= 4 is 5.97 Å². The van der Waals surface area contributed by atoms with Crippen LogP contribution in [0.3, 0.4) is 0 Å². The van der Waals surface area contributed by atoms with Crippen LogP contribution >= 0.6 is 0 Å². The predicted octanol–water partition coefficient (Wildman–Crippen LogP) is 3.82. The Kier molecular flexibility index (Phi) is 5.29. The van der Waals surface area contributed by atoms with Gasteiger partial charge in [0, 0.05) is 0 Å². The smallest absolute Gasteiger partial charge is 0.336 e. The van der Waals surface area contributed by atoms with Crippen LogP contribution in [-0.2, 0) is 9.53 Å². The molecule has 1 N–H and O–H groups in total. The average molecular weight is 282 g/mol. The lowest BCUT2D eigenvalue weighted by atomic mass is 10.0. The second-order valence-electron chi connectivity index (χ2n) is 4.62. The summed E-state index contributed by atoms with van der Waals surface area (Å²) >= 11 is 0. The highest BCUT2D eigenvalue weighted by Crippen LogP contribution is 2.27. The summed E-state index contributed by atoms with van der Waals surface area (Å²) in [5, 5.41) is 9.27. The van der Waals surface area contributed by atoms with Crippen LogP contribution in [0, 0.1) is 0 Å². The Bertz CT molecular complexity index is 551. The van der Waals surface area contributed by atoms with Crippen molar-refractivity contribution in [3.8, 4) is 0 Å². The molecule has 108 valence electrons. The Labute approximate surface area is 124 Å². The maximum absolute atomic E-state index is 11.3. The van der Waals surface area contributed by atoms with Crippen LogP contribution in [0.5, 0.6) is 0 Å². The van der Waals surface area contributed by atoms with Crippen molar-refractivity contribution in [3.05, 3.63) is 83.9 Å². The van der Waals surface area contributed by atoms with Crippen LogP contribution in [0.2, 0.25) is 0 Å². The maximum atomic E-state index is 11.3. The molecule has 3 nitrogen and oxygen atoms in total. The molecule has 21 heavy (non-hydrogen) atoms. The van der Waals surface area contributed by atoms with E-state index < -0.39 is 18.2 Å². The molecular formula is C18H18O3. The van der Waals surface area contributed by atoms with Crippen molar-refractivity contribution < 1.29 is 14.6 Å². The summed E-state index contributed by atoms with van der Waals surface area (Å²) in [7, 11) is 0. The molecule has 3 heteroatoms. The largest absolute Gasteiger partial charge is 0.479 e. The third kappa shape index (κ3) is 4.04. The molecule has 0 spiro atoms. The Hall–Kier alpha value is -2.39. The fourth-order valence-electron chi connectivity index (χ4n) is 2.11. The van der Waals surface area contributed by atoms with Gasteiger partial charge < -0.3 is 9.84 Å². The number of rotatable bonds is 6. The van der Waals surface area contributed by atoms with Gasteiger partial charge in [-0.15, -0.1) is 0 Å². The van der Waals surface area contributed by atoms with Crippen molar-refractivity contribution in [2.45, 2.75) is 19.1 Å². The maximum Gasteiger partial charge on any atom is 0.336 e. The first-order valence-electron chi connectivity index (χ1n) is 6.83. The van der Waals surface area contributed by atoms with Gasteiger partial charge in [0.15, 0.2) is 6.10 Å². The van der Waals surface area contributed by atoms with Gasteiger partial charge in [0.2, 0.25) is 0 Å². The zero-order valence-electron chi connectivity index (χ0n) is 11.8. The van der Waals surface area contributed by atoms with E-state index in [4.69, 9.17) is 4.74 Å². The van der Waals surface area contributed by atoms with Crippen LogP contribution in [0.25, 0.3) is 0 Å². The second kappa shape index (κ2) is 7.41. The average Bonchev–Trinajstić information content (AvgIpc) is 2.53. The Morgan fingerprint density at radius 3 is 1.86 bits per heavy atom. The number of hydrogen-bond acceptors (Lipinski definition) is 2. The molecule has 0 aliphatic heterocycles. The van der Waals surface area contributed by atoms with Crippen LogP contribution in [0.4, 0.5) is 0 Å². The molecule has 0 fully saturated rings. The summed E-state index contributed by atoms with van der Waals surface area (Å²) in [6, 6.07) is 19.3. The molecule has 0 amide bonds. The minimum absolute atomic E-state index is 0.412. The molecule has 0 heterocycles. The predicted molar refractivity (Wildman–Crippen MR) is 82.0 cm³/mol. The van der Waals surface area contributed by atoms with E-state index in [1.807, 2.05) is 60.7 Å². The highest BCUT2D eigenvalue weighted by atomic mass is 16.5. The normalized spacial score (nSPS) is 12.7. The van der Waals surface area contributed by atoms with Gasteiger partial charge in [0.05, 0.1) is 0 Å². The first-order chi connectivity index (χ1) is 10.2. The lowest BCUT2D eigenvalue weighted by molar-refractivity contribution is -0.149. The van der Waals surface area contributed by atoms with Crippen molar-refractivity contribution in [2.24, 2.45) is 0 Å². The van der Waals surface area contributed by atoms with E-state index in [-0.39, 0.29) is 0 Å². The molecule has 1 atom stereocenters. The minimum Gasteiger partial charge on any atom is -0.479 e. The molecular weight excluding hydrogens is 264 g/mol. The number of carbonyl (C=O) groups is 1. The van der Waals surface area contributed by atoms with E-state index in [1.165, 1.54) is 0 Å². The van der Waals surface area contributed by atoms with Gasteiger partial charge in [-0.3, -0.25) is 0 Å². The van der Waals surface area contributed by atoms with Crippen LogP contribution in [-0.4, -0.2) is 17.2 Å². The number of ether oxygens (including phenoxy) is 1. The van der Waals surface area contributed by atoms with Gasteiger partial charge in [0.1, 0.15) is 6.10 Å². The van der Waals surface area contributed by atoms with E-state index in [0.29, 0.717) is 0 Å². The van der Waals surface area contributed by atoms with Gasteiger partial charge in [-0.1, -0.05) is 66.7 Å². The fourth-order valence-corrected chi connectivity index (χ4v) is 2.11. The second-order valence-corrected chi connectivity index (χ2v) is 4.62. The number of benzene rings is 2. The Morgan fingerprint density at radius 1 is 1.00 bits per heavy atom. The summed E-state index contributed by atoms with van der Waals surface area (Å²) in [5.74, 6) is -0.995. The van der Waals surface area contributed by atoms with Crippen molar-refractivity contribution in [1.29, 1.82) is 0 Å². The molecule has 0 saturated heterocycles. The quantitative estimate of drug-likeness (QED) is 0.819. The molecule has 0 aliphatic carbocycles. The highest BCUT2D eigenvalue weighted by molar-refractivity contribution is 5.74. The van der Waals surface area contributed by atoms with Crippen molar-refractivity contribution in [2.75, 3.05) is 0 Å². The third-order valence-electron chi connectivity index (χ3n) is 3.10. The summed E-state index contributed by atoms with van der Waals surface area (Å²) in [4.78, 5) is 11.3. The van der Waals surface area contributed by atoms with E-state index >= 15 is 0 Å². The lowest BCUT2D eigenvalue weighted by Crippen LogP contribution is -2.24. The zero-order valence-corrected chi connectivity index (χ0v) is 11.8. The zero-order chi connectivity index (χ0) is 15.1. The molecule has 0 radical (unpaired) electrons. The molecule has 0 bridgehead atoms. The van der Waals surface area contributed by atoms with E-state index in [0.717, 1.165) is 11.1 Å². The summed E-state index contributed by atoms with van der Waals surface area (Å²) < 4.78 is 5.84. The van der Waals surface area contributed by atoms with Gasteiger partial charge in [-0.2, -0.15) is 0 Å². The van der Waals surface area contributed by atoms with Crippen LogP contribution in [0.15, 0.2) is 72.8 Å². The molecule has 2 rings (SSSR count). The molecule has 1 unspecified atom stereocenters. The van der Waals surface area contributed by atoms with E-state index in [2.05, 4.69) is 0 Å². The van der Waals surface area contributed by atoms with Gasteiger partial charge in [-0.05, 0) is 24.1 Å². The number of hydrogen-bond donors (Lipinski definition) is 1. The number of carboxylic acids is 1. The lowest BCUT2D eigenvalue weighted by Gasteiger charge is -2.21. The topological polar surface area (TPSA) is 46.5 Å². The molecule has 0 aliphatic rings. The molecule has 0 saturated carbocycles. The number of allylic oxidation sites excluding steroid dienone is 1. The standard InChI is InChI=1S/C18H18O3/c1-2-9-16(18(19)20)21-17(14-10-5-3-6-11-14)15-12-7-4-8-13-15/h2-13,16-17H,1H3,(H,19,20). The molecule has 2 aromatic carbocycles. The Balaban J connectivity index is 2.35. The summed E-state index contributed by atoms with van der Waals surface area (Å²) in [6.45, 7) is 1.78. The Morgan fingerprint density at radius 2 is 1.48 bits per heavy atom. The van der Waals surface area contributed by atoms with Gasteiger partial charge in [0.25, 0.3) is 0 Å². The van der Waals surface area contributed by atoms with Crippen LogP contribution in [0.1, 0.15) is 24.2 Å². The molecule has 2 aromatic rings. The van der Waals surface area contributed by atoms with E-state index in [1.54, 1.807) is 19.1 Å². The van der Waals surface area contributed by atoms with Gasteiger partial charge >= 0.3 is 5.97 Å². The first kappa shape index (κ1) is 15.0. The fraction of sp³-hybridized carbons (Fsp3) is 0.167. The first-order valence-corrected chi connectivity index (χ1v) is 6.83. The minimum atomic E-state index is -0.995.